The van der Waals surface area contributed by atoms with E-state index >= 15 is 0 Å². The van der Waals surface area contributed by atoms with E-state index in [1.165, 1.54) is 38.0 Å². The molecule has 0 bridgehead atoms. The van der Waals surface area contributed by atoms with Crippen molar-refractivity contribution in [2.45, 2.75) is 37.8 Å². The molecule has 1 fully saturated rings. The summed E-state index contributed by atoms with van der Waals surface area (Å²) in [5, 5.41) is 12.4. The number of rotatable bonds is 6. The van der Waals surface area contributed by atoms with Gasteiger partial charge in [0.2, 0.25) is 0 Å². The molecule has 1 saturated carbocycles. The van der Waals surface area contributed by atoms with Gasteiger partial charge in [0.1, 0.15) is 11.3 Å². The highest BCUT2D eigenvalue weighted by atomic mass is 16.4. The molecule has 5 heteroatoms. The average Bonchev–Trinajstić information content (AvgIpc) is 2.98. The molecule has 106 valence electrons. The Bertz CT molecular complexity index is 434. The number of hydrogen-bond donors (Lipinski definition) is 2. The van der Waals surface area contributed by atoms with Crippen molar-refractivity contribution in [2.24, 2.45) is 0 Å². The third-order valence-corrected chi connectivity index (χ3v) is 4.20. The van der Waals surface area contributed by atoms with Crippen LogP contribution in [-0.4, -0.2) is 42.2 Å². The zero-order chi connectivity index (χ0) is 13.9. The number of likely N-dealkylation sites (N-methyl/N-ethyl adjacent to an activating group) is 1. The van der Waals surface area contributed by atoms with Gasteiger partial charge >= 0.3 is 5.97 Å². The maximum atomic E-state index is 11.0. The normalized spacial score (nSPS) is 18.1. The summed E-state index contributed by atoms with van der Waals surface area (Å²) in [5.74, 6) is -0.437. The summed E-state index contributed by atoms with van der Waals surface area (Å²) in [6.45, 7) is 1.32. The molecular formula is C14H22N2O3. The number of nitrogens with one attached hydrogen (secondary N) is 1. The van der Waals surface area contributed by atoms with Gasteiger partial charge in [-0.25, -0.2) is 4.79 Å². The largest absolute Gasteiger partial charge is 0.478 e. The van der Waals surface area contributed by atoms with Gasteiger partial charge in [-0.05, 0) is 33.0 Å². The lowest BCUT2D eigenvalue weighted by atomic mass is 9.96. The van der Waals surface area contributed by atoms with Crippen LogP contribution < -0.4 is 5.32 Å². The highest BCUT2D eigenvalue weighted by Crippen LogP contribution is 2.33. The fourth-order valence-electron chi connectivity index (χ4n) is 2.89. The van der Waals surface area contributed by atoms with Crippen molar-refractivity contribution in [3.05, 3.63) is 23.7 Å². The molecule has 0 radical (unpaired) electrons. The van der Waals surface area contributed by atoms with Gasteiger partial charge < -0.3 is 19.7 Å². The van der Waals surface area contributed by atoms with Gasteiger partial charge in [0.05, 0.1) is 12.8 Å². The average molecular weight is 266 g/mol. The highest BCUT2D eigenvalue weighted by molar-refractivity contribution is 5.88. The molecule has 0 saturated heterocycles. The topological polar surface area (TPSA) is 65.7 Å². The lowest BCUT2D eigenvalue weighted by Gasteiger charge is -2.36. The number of hydrogen-bond acceptors (Lipinski definition) is 4. The Morgan fingerprint density at radius 1 is 1.47 bits per heavy atom. The minimum atomic E-state index is -0.936. The summed E-state index contributed by atoms with van der Waals surface area (Å²) >= 11 is 0. The summed E-state index contributed by atoms with van der Waals surface area (Å²) in [6.07, 6.45) is 6.34. The van der Waals surface area contributed by atoms with Crippen molar-refractivity contribution >= 4 is 5.97 Å². The molecule has 0 unspecified atom stereocenters. The summed E-state index contributed by atoms with van der Waals surface area (Å²) in [5.41, 5.74) is 0.452. The van der Waals surface area contributed by atoms with E-state index in [0.717, 1.165) is 6.54 Å². The number of carboxylic acid groups (broad SMARTS) is 1. The van der Waals surface area contributed by atoms with Crippen LogP contribution in [0, 0.1) is 0 Å². The van der Waals surface area contributed by atoms with Gasteiger partial charge in [-0.3, -0.25) is 0 Å². The van der Waals surface area contributed by atoms with E-state index in [4.69, 9.17) is 9.52 Å². The van der Waals surface area contributed by atoms with Crippen LogP contribution >= 0.6 is 0 Å². The van der Waals surface area contributed by atoms with Crippen molar-refractivity contribution in [3.63, 3.8) is 0 Å². The zero-order valence-electron chi connectivity index (χ0n) is 11.6. The van der Waals surface area contributed by atoms with E-state index in [1.54, 1.807) is 0 Å². The Labute approximate surface area is 113 Å². The maximum absolute atomic E-state index is 11.0. The van der Waals surface area contributed by atoms with Gasteiger partial charge in [0.25, 0.3) is 0 Å². The van der Waals surface area contributed by atoms with Crippen molar-refractivity contribution in [2.75, 3.05) is 20.6 Å². The van der Waals surface area contributed by atoms with E-state index in [2.05, 4.69) is 24.3 Å². The molecule has 1 aromatic rings. The Morgan fingerprint density at radius 2 is 2.16 bits per heavy atom. The molecule has 0 atom stereocenters. The predicted molar refractivity (Wildman–Crippen MR) is 72.3 cm³/mol. The van der Waals surface area contributed by atoms with Crippen LogP contribution in [0.25, 0.3) is 0 Å². The molecule has 0 spiro atoms. The SMILES string of the molecule is CN(C)C1(CNCc2occc2C(=O)O)CCCC1. The standard InChI is InChI=1S/C14H22N2O3/c1-16(2)14(6-3-4-7-14)10-15-9-12-11(13(17)18)5-8-19-12/h5,8,15H,3-4,6-7,9-10H2,1-2H3,(H,17,18). The number of aromatic carboxylic acids is 1. The number of carboxylic acids is 1. The highest BCUT2D eigenvalue weighted by Gasteiger charge is 2.35. The third-order valence-electron chi connectivity index (χ3n) is 4.20. The summed E-state index contributed by atoms with van der Waals surface area (Å²) < 4.78 is 5.23. The Morgan fingerprint density at radius 3 is 2.74 bits per heavy atom. The lowest BCUT2D eigenvalue weighted by Crippen LogP contribution is -2.49. The van der Waals surface area contributed by atoms with Crippen LogP contribution in [0.5, 0.6) is 0 Å². The second-order valence-corrected chi connectivity index (χ2v) is 5.49. The number of carbonyl (C=O) groups is 1. The Hall–Kier alpha value is -1.33. The summed E-state index contributed by atoms with van der Waals surface area (Å²) in [6, 6.07) is 1.50. The first-order valence-electron chi connectivity index (χ1n) is 6.73. The fraction of sp³-hybridized carbons (Fsp3) is 0.643. The molecule has 2 N–H and O–H groups in total. The van der Waals surface area contributed by atoms with Gasteiger partial charge in [0, 0.05) is 12.1 Å². The zero-order valence-corrected chi connectivity index (χ0v) is 11.6. The van der Waals surface area contributed by atoms with E-state index in [-0.39, 0.29) is 11.1 Å². The third kappa shape index (κ3) is 2.98. The predicted octanol–water partition coefficient (Wildman–Crippen LogP) is 1.94. The molecule has 1 heterocycles. The van der Waals surface area contributed by atoms with E-state index in [0.29, 0.717) is 12.3 Å². The minimum Gasteiger partial charge on any atom is -0.478 e. The van der Waals surface area contributed by atoms with Crippen molar-refractivity contribution in [3.8, 4) is 0 Å². The number of furan rings is 1. The van der Waals surface area contributed by atoms with Crippen LogP contribution in [0.3, 0.4) is 0 Å². The minimum absolute atomic E-state index is 0.204. The molecule has 1 aromatic heterocycles. The Balaban J connectivity index is 1.92. The first-order valence-corrected chi connectivity index (χ1v) is 6.73. The molecule has 1 aliphatic rings. The van der Waals surface area contributed by atoms with Crippen LogP contribution in [0.1, 0.15) is 41.8 Å². The molecule has 19 heavy (non-hydrogen) atoms. The maximum Gasteiger partial charge on any atom is 0.339 e. The summed E-state index contributed by atoms with van der Waals surface area (Å²) in [4.78, 5) is 13.3. The van der Waals surface area contributed by atoms with E-state index in [9.17, 15) is 4.79 Å². The van der Waals surface area contributed by atoms with Crippen molar-refractivity contribution in [1.82, 2.24) is 10.2 Å². The van der Waals surface area contributed by atoms with E-state index < -0.39 is 5.97 Å². The van der Waals surface area contributed by atoms with Crippen molar-refractivity contribution < 1.29 is 14.3 Å². The molecule has 0 amide bonds. The van der Waals surface area contributed by atoms with Gasteiger partial charge in [-0.2, -0.15) is 0 Å². The van der Waals surface area contributed by atoms with Crippen LogP contribution in [0.4, 0.5) is 0 Å². The van der Waals surface area contributed by atoms with Gasteiger partial charge in [-0.1, -0.05) is 12.8 Å². The lowest BCUT2D eigenvalue weighted by molar-refractivity contribution is 0.0694. The molecule has 0 aromatic carbocycles. The van der Waals surface area contributed by atoms with Gasteiger partial charge in [-0.15, -0.1) is 0 Å². The number of nitrogens with zero attached hydrogens (tertiary/aromatic N) is 1. The second-order valence-electron chi connectivity index (χ2n) is 5.49. The molecule has 1 aliphatic carbocycles. The molecule has 0 aliphatic heterocycles. The fourth-order valence-corrected chi connectivity index (χ4v) is 2.89. The smallest absolute Gasteiger partial charge is 0.339 e. The molecule has 2 rings (SSSR count). The summed E-state index contributed by atoms with van der Waals surface area (Å²) in [7, 11) is 4.23. The van der Waals surface area contributed by atoms with Crippen molar-refractivity contribution in [1.29, 1.82) is 0 Å². The molecular weight excluding hydrogens is 244 g/mol. The first-order chi connectivity index (χ1) is 9.05. The van der Waals surface area contributed by atoms with Crippen LogP contribution in [0.2, 0.25) is 0 Å². The Kier molecular flexibility index (Phi) is 4.27. The molecule has 5 nitrogen and oxygen atoms in total. The first kappa shape index (κ1) is 14.1. The van der Waals surface area contributed by atoms with Crippen LogP contribution in [0.15, 0.2) is 16.7 Å². The van der Waals surface area contributed by atoms with Gasteiger partial charge in [0.15, 0.2) is 0 Å². The monoisotopic (exact) mass is 266 g/mol. The van der Waals surface area contributed by atoms with E-state index in [1.807, 2.05) is 0 Å². The van der Waals surface area contributed by atoms with Crippen LogP contribution in [-0.2, 0) is 6.54 Å². The quantitative estimate of drug-likeness (QED) is 0.823. The second kappa shape index (κ2) is 5.75.